The summed E-state index contributed by atoms with van der Waals surface area (Å²) in [4.78, 5) is 13.1. The van der Waals surface area contributed by atoms with Gasteiger partial charge in [0.1, 0.15) is 0 Å². The lowest BCUT2D eigenvalue weighted by Crippen LogP contribution is -2.25. The van der Waals surface area contributed by atoms with Crippen LogP contribution in [0.25, 0.3) is 0 Å². The number of rotatable bonds is 2. The quantitative estimate of drug-likeness (QED) is 0.885. The van der Waals surface area contributed by atoms with Gasteiger partial charge in [0, 0.05) is 17.6 Å². The van der Waals surface area contributed by atoms with E-state index in [-0.39, 0.29) is 12.3 Å². The Morgan fingerprint density at radius 1 is 1.47 bits per heavy atom. The summed E-state index contributed by atoms with van der Waals surface area (Å²) < 4.78 is 0.999. The Morgan fingerprint density at radius 2 is 2.20 bits per heavy atom. The fourth-order valence-electron chi connectivity index (χ4n) is 1.74. The van der Waals surface area contributed by atoms with Crippen LogP contribution in [0.1, 0.15) is 12.0 Å². The van der Waals surface area contributed by atoms with E-state index in [1.807, 2.05) is 24.3 Å². The number of β-amino-alcohol motifs (C(OH)–C–C–N with tert-alkyl or cyclic N) is 1. The number of aliphatic hydroxyl groups is 1. The number of carbonyl (C=O) groups excluding carboxylic acids is 1. The van der Waals surface area contributed by atoms with Crippen molar-refractivity contribution in [3.8, 4) is 0 Å². The zero-order valence-corrected chi connectivity index (χ0v) is 9.77. The number of nitrogens with zero attached hydrogens (tertiary/aromatic N) is 1. The summed E-state index contributed by atoms with van der Waals surface area (Å²) in [6.07, 6.45) is -0.246. The molecule has 4 heteroatoms. The minimum absolute atomic E-state index is 0.0262. The summed E-state index contributed by atoms with van der Waals surface area (Å²) in [5.41, 5.74) is 1.07. The number of hydrogen-bond donors (Lipinski definition) is 1. The van der Waals surface area contributed by atoms with Gasteiger partial charge in [0.05, 0.1) is 12.5 Å². The van der Waals surface area contributed by atoms with Crippen molar-refractivity contribution in [1.82, 2.24) is 4.90 Å². The number of halogens is 1. The molecule has 1 saturated heterocycles. The van der Waals surface area contributed by atoms with Gasteiger partial charge in [0.25, 0.3) is 0 Å². The molecule has 1 aromatic carbocycles. The number of aliphatic hydroxyl groups excluding tert-OH is 1. The van der Waals surface area contributed by atoms with Gasteiger partial charge in [0.2, 0.25) is 5.91 Å². The Bertz CT molecular complexity index is 381. The first-order valence-corrected chi connectivity index (χ1v) is 5.65. The van der Waals surface area contributed by atoms with E-state index in [1.165, 1.54) is 0 Å². The van der Waals surface area contributed by atoms with E-state index in [0.717, 1.165) is 10.0 Å². The highest BCUT2D eigenvalue weighted by Gasteiger charge is 2.27. The highest BCUT2D eigenvalue weighted by atomic mass is 79.9. The third-order valence-electron chi connectivity index (χ3n) is 2.51. The van der Waals surface area contributed by atoms with Gasteiger partial charge in [0.15, 0.2) is 0 Å². The summed E-state index contributed by atoms with van der Waals surface area (Å²) in [6, 6.07) is 7.81. The summed E-state index contributed by atoms with van der Waals surface area (Å²) in [7, 11) is 0. The molecule has 80 valence electrons. The molecule has 1 fully saturated rings. The van der Waals surface area contributed by atoms with Crippen LogP contribution in [0.15, 0.2) is 28.7 Å². The molecule has 1 aliphatic rings. The molecular weight excluding hydrogens is 258 g/mol. The van der Waals surface area contributed by atoms with Crippen molar-refractivity contribution in [3.63, 3.8) is 0 Å². The summed E-state index contributed by atoms with van der Waals surface area (Å²) >= 11 is 3.44. The van der Waals surface area contributed by atoms with Crippen molar-refractivity contribution < 1.29 is 9.90 Å². The molecule has 1 atom stereocenters. The molecule has 1 aromatic rings. The summed E-state index contributed by atoms with van der Waals surface area (Å²) in [6.45, 7) is 1.01. The molecule has 0 radical (unpaired) electrons. The monoisotopic (exact) mass is 269 g/mol. The van der Waals surface area contributed by atoms with Crippen LogP contribution < -0.4 is 0 Å². The van der Waals surface area contributed by atoms with Crippen LogP contribution in [0.3, 0.4) is 0 Å². The van der Waals surface area contributed by atoms with Crippen LogP contribution in [0.5, 0.6) is 0 Å². The van der Waals surface area contributed by atoms with Crippen molar-refractivity contribution in [1.29, 1.82) is 0 Å². The van der Waals surface area contributed by atoms with Crippen molar-refractivity contribution in [3.05, 3.63) is 34.3 Å². The van der Waals surface area contributed by atoms with Crippen molar-refractivity contribution >= 4 is 21.8 Å². The van der Waals surface area contributed by atoms with E-state index >= 15 is 0 Å². The molecule has 1 N–H and O–H groups in total. The van der Waals surface area contributed by atoms with Crippen LogP contribution in [-0.2, 0) is 11.3 Å². The Morgan fingerprint density at radius 3 is 2.80 bits per heavy atom. The smallest absolute Gasteiger partial charge is 0.225 e. The fourth-order valence-corrected chi connectivity index (χ4v) is 2.15. The zero-order chi connectivity index (χ0) is 10.8. The van der Waals surface area contributed by atoms with E-state index in [2.05, 4.69) is 15.9 Å². The predicted octanol–water partition coefficient (Wildman–Crippen LogP) is 1.54. The molecule has 0 spiro atoms. The van der Waals surface area contributed by atoms with Gasteiger partial charge in [-0.3, -0.25) is 4.79 Å². The number of hydrogen-bond acceptors (Lipinski definition) is 2. The van der Waals surface area contributed by atoms with E-state index < -0.39 is 6.10 Å². The lowest BCUT2D eigenvalue weighted by Gasteiger charge is -2.16. The van der Waals surface area contributed by atoms with Gasteiger partial charge >= 0.3 is 0 Å². The first kappa shape index (κ1) is 10.6. The number of amides is 1. The maximum absolute atomic E-state index is 11.5. The zero-order valence-electron chi connectivity index (χ0n) is 8.19. The molecule has 0 saturated carbocycles. The molecule has 1 heterocycles. The highest BCUT2D eigenvalue weighted by molar-refractivity contribution is 9.10. The topological polar surface area (TPSA) is 40.5 Å². The standard InChI is InChI=1S/C11H12BrNO2/c12-10-4-2-1-3-8(10)6-13-7-9(14)5-11(13)15/h1-4,9,14H,5-7H2. The Kier molecular flexibility index (Phi) is 3.07. The van der Waals surface area contributed by atoms with Crippen LogP contribution in [0.4, 0.5) is 0 Å². The molecule has 15 heavy (non-hydrogen) atoms. The lowest BCUT2D eigenvalue weighted by atomic mass is 10.2. The molecule has 0 bridgehead atoms. The Hall–Kier alpha value is -0.870. The molecule has 3 nitrogen and oxygen atoms in total. The van der Waals surface area contributed by atoms with Gasteiger partial charge in [-0.1, -0.05) is 34.1 Å². The van der Waals surface area contributed by atoms with E-state index in [1.54, 1.807) is 4.90 Å². The molecule has 0 aromatic heterocycles. The van der Waals surface area contributed by atoms with Gasteiger partial charge < -0.3 is 10.0 Å². The Balaban J connectivity index is 2.09. The second-order valence-electron chi connectivity index (χ2n) is 3.72. The molecule has 1 unspecified atom stereocenters. The average molecular weight is 270 g/mol. The van der Waals surface area contributed by atoms with Gasteiger partial charge in [-0.05, 0) is 11.6 Å². The fraction of sp³-hybridized carbons (Fsp3) is 0.364. The minimum Gasteiger partial charge on any atom is -0.391 e. The molecule has 0 aliphatic carbocycles. The second kappa shape index (κ2) is 4.33. The summed E-state index contributed by atoms with van der Waals surface area (Å²) in [5, 5.41) is 9.34. The molecule has 1 amide bonds. The van der Waals surface area contributed by atoms with Crippen LogP contribution in [0.2, 0.25) is 0 Å². The number of carbonyl (C=O) groups is 1. The van der Waals surface area contributed by atoms with Crippen LogP contribution >= 0.6 is 15.9 Å². The summed E-state index contributed by atoms with van der Waals surface area (Å²) in [5.74, 6) is 0.0262. The minimum atomic E-state index is -0.500. The largest absolute Gasteiger partial charge is 0.391 e. The van der Waals surface area contributed by atoms with Gasteiger partial charge in [-0.15, -0.1) is 0 Å². The number of benzene rings is 1. The van der Waals surface area contributed by atoms with E-state index in [0.29, 0.717) is 13.1 Å². The molecular formula is C11H12BrNO2. The third kappa shape index (κ3) is 2.38. The average Bonchev–Trinajstić information content (AvgIpc) is 2.49. The van der Waals surface area contributed by atoms with Crippen LogP contribution in [0, 0.1) is 0 Å². The van der Waals surface area contributed by atoms with Crippen molar-refractivity contribution in [2.75, 3.05) is 6.54 Å². The van der Waals surface area contributed by atoms with Crippen molar-refractivity contribution in [2.45, 2.75) is 19.1 Å². The Labute approximate surface area is 96.8 Å². The highest BCUT2D eigenvalue weighted by Crippen LogP contribution is 2.20. The first-order valence-electron chi connectivity index (χ1n) is 4.86. The first-order chi connectivity index (χ1) is 7.16. The molecule has 1 aliphatic heterocycles. The number of likely N-dealkylation sites (tertiary alicyclic amines) is 1. The third-order valence-corrected chi connectivity index (χ3v) is 3.29. The van der Waals surface area contributed by atoms with Crippen molar-refractivity contribution in [2.24, 2.45) is 0 Å². The SMILES string of the molecule is O=C1CC(O)CN1Cc1ccccc1Br. The van der Waals surface area contributed by atoms with E-state index in [9.17, 15) is 9.90 Å². The maximum Gasteiger partial charge on any atom is 0.225 e. The normalized spacial score (nSPS) is 21.1. The lowest BCUT2D eigenvalue weighted by molar-refractivity contribution is -0.128. The maximum atomic E-state index is 11.5. The second-order valence-corrected chi connectivity index (χ2v) is 4.58. The van der Waals surface area contributed by atoms with Gasteiger partial charge in [-0.2, -0.15) is 0 Å². The predicted molar refractivity (Wildman–Crippen MR) is 60.2 cm³/mol. The van der Waals surface area contributed by atoms with E-state index in [4.69, 9.17) is 0 Å². The van der Waals surface area contributed by atoms with Gasteiger partial charge in [-0.25, -0.2) is 0 Å². The molecule has 2 rings (SSSR count). The van der Waals surface area contributed by atoms with Crippen LogP contribution in [-0.4, -0.2) is 28.6 Å².